The molecule has 4 rings (SSSR count). The zero-order valence-electron chi connectivity index (χ0n) is 19.5. The zero-order chi connectivity index (χ0) is 24.7. The first kappa shape index (κ1) is 24.0. The molecule has 0 bridgehead atoms. The van der Waals surface area contributed by atoms with E-state index in [1.54, 1.807) is 75.1 Å². The molecule has 10 heteroatoms. The molecule has 2 aromatic heterocycles. The summed E-state index contributed by atoms with van der Waals surface area (Å²) in [5.41, 5.74) is 0.269. The molecule has 1 saturated heterocycles. The van der Waals surface area contributed by atoms with Gasteiger partial charge < -0.3 is 9.84 Å². The van der Waals surface area contributed by atoms with Gasteiger partial charge in [-0.25, -0.2) is 4.68 Å². The monoisotopic (exact) mass is 475 g/mol. The van der Waals surface area contributed by atoms with Crippen molar-refractivity contribution in [1.29, 1.82) is 0 Å². The Morgan fingerprint density at radius 2 is 1.76 bits per heavy atom. The van der Waals surface area contributed by atoms with Gasteiger partial charge in [0.05, 0.1) is 17.9 Å². The minimum absolute atomic E-state index is 0.0384. The van der Waals surface area contributed by atoms with Crippen LogP contribution in [0.4, 0.5) is 13.2 Å². The topological polar surface area (TPSA) is 76.3 Å². The maximum Gasteiger partial charge on any atom is 0.401 e. The summed E-state index contributed by atoms with van der Waals surface area (Å²) in [5.74, 6) is 0.328. The van der Waals surface area contributed by atoms with E-state index in [4.69, 9.17) is 4.74 Å². The number of phenols is 1. The van der Waals surface area contributed by atoms with Crippen molar-refractivity contribution in [2.24, 2.45) is 0 Å². The van der Waals surface area contributed by atoms with Crippen LogP contribution in [0.5, 0.6) is 11.6 Å². The van der Waals surface area contributed by atoms with Crippen molar-refractivity contribution in [3.8, 4) is 28.6 Å². The van der Waals surface area contributed by atoms with Crippen molar-refractivity contribution < 1.29 is 23.0 Å². The molecular weight excluding hydrogens is 447 g/mol. The van der Waals surface area contributed by atoms with Gasteiger partial charge in [0, 0.05) is 54.0 Å². The highest BCUT2D eigenvalue weighted by Crippen LogP contribution is 2.41. The fraction of sp³-hybridized carbons (Fsp3) is 0.458. The molecule has 1 N–H and O–H groups in total. The third-order valence-electron chi connectivity index (χ3n) is 6.21. The largest absolute Gasteiger partial charge is 0.507 e. The molecule has 0 amide bonds. The molecule has 7 nitrogen and oxygen atoms in total. The molecule has 1 aliphatic rings. The molecule has 34 heavy (non-hydrogen) atoms. The Morgan fingerprint density at radius 1 is 1.06 bits per heavy atom. The van der Waals surface area contributed by atoms with Crippen LogP contribution in [0.1, 0.15) is 40.5 Å². The summed E-state index contributed by atoms with van der Waals surface area (Å²) in [6, 6.07) is 10.3. The Morgan fingerprint density at radius 3 is 2.29 bits per heavy atom. The van der Waals surface area contributed by atoms with Crippen molar-refractivity contribution >= 4 is 0 Å². The second-order valence-electron chi connectivity index (χ2n) is 9.88. The SMILES string of the molecule is CC1(C)CC(Oc2ccc(-c3ccc(-n4cccn4)cc3O)nn2)CC(C)(C)N1CC(F)(F)F. The van der Waals surface area contributed by atoms with Crippen LogP contribution in [0.2, 0.25) is 0 Å². The number of hydrogen-bond acceptors (Lipinski definition) is 6. The van der Waals surface area contributed by atoms with Crippen LogP contribution in [0, 0.1) is 0 Å². The van der Waals surface area contributed by atoms with Crippen LogP contribution in [0.3, 0.4) is 0 Å². The predicted molar refractivity (Wildman–Crippen MR) is 121 cm³/mol. The van der Waals surface area contributed by atoms with Gasteiger partial charge in [0.1, 0.15) is 11.9 Å². The van der Waals surface area contributed by atoms with Crippen molar-refractivity contribution in [1.82, 2.24) is 24.9 Å². The number of benzene rings is 1. The molecule has 1 fully saturated rings. The summed E-state index contributed by atoms with van der Waals surface area (Å²) < 4.78 is 47.1. The molecule has 0 unspecified atom stereocenters. The van der Waals surface area contributed by atoms with Crippen molar-refractivity contribution in [3.05, 3.63) is 48.8 Å². The van der Waals surface area contributed by atoms with Gasteiger partial charge in [-0.3, -0.25) is 4.90 Å². The van der Waals surface area contributed by atoms with Gasteiger partial charge in [0.25, 0.3) is 0 Å². The predicted octanol–water partition coefficient (Wildman–Crippen LogP) is 5.00. The van der Waals surface area contributed by atoms with Gasteiger partial charge >= 0.3 is 6.18 Å². The highest BCUT2D eigenvalue weighted by Gasteiger charge is 2.50. The lowest BCUT2D eigenvalue weighted by atomic mass is 9.78. The molecule has 182 valence electrons. The van der Waals surface area contributed by atoms with Crippen LogP contribution >= 0.6 is 0 Å². The summed E-state index contributed by atoms with van der Waals surface area (Å²) in [4.78, 5) is 1.50. The fourth-order valence-electron chi connectivity index (χ4n) is 4.91. The van der Waals surface area contributed by atoms with Gasteiger partial charge in [-0.1, -0.05) is 0 Å². The molecule has 0 saturated carbocycles. The number of hydrogen-bond donors (Lipinski definition) is 1. The molecule has 3 aromatic rings. The van der Waals surface area contributed by atoms with Crippen LogP contribution in [0.25, 0.3) is 16.9 Å². The molecule has 1 aromatic carbocycles. The standard InChI is InChI=1S/C24H28F3N5O2/c1-22(2)13-17(14-23(3,4)32(22)15-24(25,26)27)34-21-9-8-19(29-30-21)18-7-6-16(12-20(18)33)31-11-5-10-28-31/h5-12,17,33H,13-15H2,1-4H3. The van der Waals surface area contributed by atoms with E-state index < -0.39 is 23.8 Å². The molecule has 0 aliphatic carbocycles. The zero-order valence-corrected chi connectivity index (χ0v) is 19.5. The van der Waals surface area contributed by atoms with E-state index in [0.29, 0.717) is 29.8 Å². The Bertz CT molecular complexity index is 1110. The van der Waals surface area contributed by atoms with Gasteiger partial charge in [-0.2, -0.15) is 18.3 Å². The van der Waals surface area contributed by atoms with E-state index >= 15 is 0 Å². The number of aromatic nitrogens is 4. The van der Waals surface area contributed by atoms with Gasteiger partial charge in [-0.05, 0) is 52.0 Å². The van der Waals surface area contributed by atoms with Gasteiger partial charge in [0.15, 0.2) is 0 Å². The van der Waals surface area contributed by atoms with E-state index in [9.17, 15) is 18.3 Å². The third-order valence-corrected chi connectivity index (χ3v) is 6.21. The second kappa shape index (κ2) is 8.57. The van der Waals surface area contributed by atoms with Crippen molar-refractivity contribution in [2.45, 2.75) is 63.9 Å². The Labute approximate surface area is 196 Å². The number of nitrogens with zero attached hydrogens (tertiary/aromatic N) is 5. The molecule has 0 radical (unpaired) electrons. The Hall–Kier alpha value is -3.14. The number of likely N-dealkylation sites (tertiary alicyclic amines) is 1. The maximum atomic E-state index is 13.2. The van der Waals surface area contributed by atoms with Crippen molar-refractivity contribution in [2.75, 3.05) is 6.54 Å². The lowest BCUT2D eigenvalue weighted by Crippen LogP contribution is -2.64. The van der Waals surface area contributed by atoms with Gasteiger partial charge in [-0.15, -0.1) is 10.2 Å². The summed E-state index contributed by atoms with van der Waals surface area (Å²) >= 11 is 0. The molecular formula is C24H28F3N5O2. The van der Waals surface area contributed by atoms with Crippen LogP contribution < -0.4 is 4.74 Å². The van der Waals surface area contributed by atoms with Crippen LogP contribution in [0.15, 0.2) is 48.8 Å². The van der Waals surface area contributed by atoms with E-state index in [0.717, 1.165) is 0 Å². The van der Waals surface area contributed by atoms with E-state index in [2.05, 4.69) is 15.3 Å². The first-order valence-corrected chi connectivity index (χ1v) is 11.0. The minimum Gasteiger partial charge on any atom is -0.507 e. The average Bonchev–Trinajstić information content (AvgIpc) is 3.25. The number of rotatable bonds is 5. The minimum atomic E-state index is -4.27. The molecule has 3 heterocycles. The highest BCUT2D eigenvalue weighted by molar-refractivity contribution is 5.68. The van der Waals surface area contributed by atoms with E-state index in [1.807, 2.05) is 6.07 Å². The first-order chi connectivity index (χ1) is 15.8. The first-order valence-electron chi connectivity index (χ1n) is 11.0. The number of aromatic hydroxyl groups is 1. The quantitative estimate of drug-likeness (QED) is 0.560. The molecule has 1 aliphatic heterocycles. The van der Waals surface area contributed by atoms with Crippen LogP contribution in [-0.2, 0) is 0 Å². The molecule has 0 spiro atoms. The lowest BCUT2D eigenvalue weighted by molar-refractivity contribution is -0.188. The number of phenolic OH excluding ortho intramolecular Hbond substituents is 1. The lowest BCUT2D eigenvalue weighted by Gasteiger charge is -2.55. The Kier molecular flexibility index (Phi) is 6.05. The number of piperidine rings is 1. The van der Waals surface area contributed by atoms with Crippen molar-refractivity contribution in [3.63, 3.8) is 0 Å². The van der Waals surface area contributed by atoms with Crippen LogP contribution in [-0.4, -0.2) is 59.9 Å². The number of alkyl halides is 3. The van der Waals surface area contributed by atoms with E-state index in [1.165, 1.54) is 4.90 Å². The summed E-state index contributed by atoms with van der Waals surface area (Å²) in [6.07, 6.45) is -0.312. The fourth-order valence-corrected chi connectivity index (χ4v) is 4.91. The van der Waals surface area contributed by atoms with Gasteiger partial charge in [0.2, 0.25) is 5.88 Å². The Balaban J connectivity index is 1.47. The normalized spacial score (nSPS) is 18.7. The third kappa shape index (κ3) is 5.16. The second-order valence-corrected chi connectivity index (χ2v) is 9.88. The highest BCUT2D eigenvalue weighted by atomic mass is 19.4. The molecule has 0 atom stereocenters. The van der Waals surface area contributed by atoms with E-state index in [-0.39, 0.29) is 17.7 Å². The average molecular weight is 476 g/mol. The number of ether oxygens (including phenoxy) is 1. The smallest absolute Gasteiger partial charge is 0.401 e. The maximum absolute atomic E-state index is 13.2. The summed E-state index contributed by atoms with van der Waals surface area (Å²) in [7, 11) is 0. The summed E-state index contributed by atoms with van der Waals surface area (Å²) in [5, 5.41) is 22.9. The number of halogens is 3. The summed E-state index contributed by atoms with van der Waals surface area (Å²) in [6.45, 7) is 6.26.